The van der Waals surface area contributed by atoms with E-state index in [1.54, 1.807) is 0 Å². The van der Waals surface area contributed by atoms with Crippen molar-refractivity contribution in [3.63, 3.8) is 0 Å². The molecule has 4 N–H and O–H groups in total. The van der Waals surface area contributed by atoms with Crippen LogP contribution in [0.1, 0.15) is 89.5 Å². The first kappa shape index (κ1) is 21.5. The third-order valence-corrected chi connectivity index (χ3v) is 5.73. The quantitative estimate of drug-likeness (QED) is 0.219. The molecular weight excluding hydrogens is 334 g/mol. The van der Waals surface area contributed by atoms with Crippen LogP contribution in [0.2, 0.25) is 0 Å². The van der Waals surface area contributed by atoms with Gasteiger partial charge in [-0.05, 0) is 43.4 Å². The van der Waals surface area contributed by atoms with Crippen molar-refractivity contribution in [3.8, 4) is 0 Å². The fourth-order valence-corrected chi connectivity index (χ4v) is 3.57. The fourth-order valence-electron chi connectivity index (χ4n) is 3.57. The molecule has 0 heterocycles. The molecule has 1 aliphatic carbocycles. The molecule has 150 valence electrons. The Hall–Kier alpha value is -1.84. The number of anilines is 1. The first-order chi connectivity index (χ1) is 13.1. The van der Waals surface area contributed by atoms with E-state index in [-0.39, 0.29) is 11.7 Å². The topological polar surface area (TPSA) is 79.0 Å². The molecule has 0 atom stereocenters. The highest BCUT2D eigenvalue weighted by Gasteiger charge is 2.53. The molecule has 0 saturated heterocycles. The molecule has 1 aliphatic rings. The number of amidine groups is 1. The number of benzene rings is 1. The van der Waals surface area contributed by atoms with E-state index in [0.717, 1.165) is 12.1 Å². The maximum atomic E-state index is 12.3. The van der Waals surface area contributed by atoms with Crippen molar-refractivity contribution >= 4 is 17.4 Å². The second kappa shape index (κ2) is 11.1. The number of carbonyl (C=O) groups is 1. The van der Waals surface area contributed by atoms with Gasteiger partial charge < -0.3 is 11.1 Å². The van der Waals surface area contributed by atoms with Crippen molar-refractivity contribution in [1.82, 2.24) is 0 Å². The molecule has 0 spiro atoms. The van der Waals surface area contributed by atoms with E-state index in [4.69, 9.17) is 11.1 Å². The molecule has 1 aromatic rings. The van der Waals surface area contributed by atoms with Gasteiger partial charge in [-0.15, -0.1) is 0 Å². The van der Waals surface area contributed by atoms with Crippen LogP contribution >= 0.6 is 0 Å². The van der Waals surface area contributed by atoms with E-state index < -0.39 is 5.41 Å². The Morgan fingerprint density at radius 3 is 1.96 bits per heavy atom. The van der Waals surface area contributed by atoms with Crippen molar-refractivity contribution in [2.24, 2.45) is 11.1 Å². The van der Waals surface area contributed by atoms with Gasteiger partial charge in [0.05, 0.1) is 0 Å². The Bertz CT molecular complexity index is 590. The maximum absolute atomic E-state index is 12.3. The minimum Gasteiger partial charge on any atom is -0.387 e. The molecule has 1 amide bonds. The van der Waals surface area contributed by atoms with Crippen LogP contribution in [0.3, 0.4) is 0 Å². The minimum absolute atomic E-state index is 0.0161. The molecule has 0 aromatic heterocycles. The number of aryl methyl sites for hydroxylation is 1. The van der Waals surface area contributed by atoms with Crippen LogP contribution in [0.4, 0.5) is 5.69 Å². The van der Waals surface area contributed by atoms with Gasteiger partial charge in [-0.2, -0.15) is 0 Å². The van der Waals surface area contributed by atoms with Crippen LogP contribution in [-0.4, -0.2) is 11.7 Å². The molecule has 1 saturated carbocycles. The van der Waals surface area contributed by atoms with E-state index in [1.807, 2.05) is 12.1 Å². The number of nitrogens with one attached hydrogen (secondary N) is 2. The minimum atomic E-state index is -0.741. The van der Waals surface area contributed by atoms with E-state index in [9.17, 15) is 4.79 Å². The van der Waals surface area contributed by atoms with Crippen molar-refractivity contribution < 1.29 is 4.79 Å². The van der Waals surface area contributed by atoms with Gasteiger partial charge in [-0.1, -0.05) is 76.8 Å². The summed E-state index contributed by atoms with van der Waals surface area (Å²) >= 11 is 0. The van der Waals surface area contributed by atoms with Crippen molar-refractivity contribution in [2.45, 2.75) is 90.4 Å². The monoisotopic (exact) mass is 371 g/mol. The predicted octanol–water partition coefficient (Wildman–Crippen LogP) is 5.80. The zero-order valence-corrected chi connectivity index (χ0v) is 17.0. The van der Waals surface area contributed by atoms with Gasteiger partial charge in [0.1, 0.15) is 11.3 Å². The van der Waals surface area contributed by atoms with E-state index >= 15 is 0 Å². The third-order valence-electron chi connectivity index (χ3n) is 5.73. The van der Waals surface area contributed by atoms with Crippen molar-refractivity contribution in [2.75, 3.05) is 5.32 Å². The lowest BCUT2D eigenvalue weighted by atomic mass is 10.0. The number of unbranched alkanes of at least 4 members (excludes halogenated alkanes) is 9. The zero-order chi connectivity index (χ0) is 19.5. The van der Waals surface area contributed by atoms with Crippen molar-refractivity contribution in [1.29, 1.82) is 5.41 Å². The SMILES string of the molecule is CCCCCCCCCCCCc1ccc(NC(=O)C2(C(=N)N)CC2)cc1. The van der Waals surface area contributed by atoms with Gasteiger partial charge in [0.15, 0.2) is 0 Å². The summed E-state index contributed by atoms with van der Waals surface area (Å²) in [6, 6.07) is 8.10. The molecule has 0 radical (unpaired) electrons. The first-order valence-corrected chi connectivity index (χ1v) is 10.8. The number of nitrogens with two attached hydrogens (primary N) is 1. The van der Waals surface area contributed by atoms with E-state index in [2.05, 4.69) is 24.4 Å². The average molecular weight is 372 g/mol. The number of rotatable bonds is 14. The highest BCUT2D eigenvalue weighted by molar-refractivity contribution is 6.13. The molecule has 1 fully saturated rings. The van der Waals surface area contributed by atoms with Crippen LogP contribution in [0.5, 0.6) is 0 Å². The lowest BCUT2D eigenvalue weighted by Gasteiger charge is -2.13. The molecule has 2 rings (SSSR count). The first-order valence-electron chi connectivity index (χ1n) is 10.8. The number of hydrogen-bond donors (Lipinski definition) is 3. The summed E-state index contributed by atoms with van der Waals surface area (Å²) in [6.07, 6.45) is 16.0. The largest absolute Gasteiger partial charge is 0.387 e. The predicted molar refractivity (Wildman–Crippen MR) is 114 cm³/mol. The lowest BCUT2D eigenvalue weighted by Crippen LogP contribution is -2.35. The lowest BCUT2D eigenvalue weighted by molar-refractivity contribution is -0.119. The molecule has 0 unspecified atom stereocenters. The standard InChI is InChI=1S/C23H37N3O/c1-2-3-4-5-6-7-8-9-10-11-12-19-13-15-20(16-14-19)26-22(27)23(17-18-23)21(24)25/h13-16H,2-12,17-18H2,1H3,(H3,24,25)(H,26,27). The van der Waals surface area contributed by atoms with E-state index in [1.165, 1.54) is 69.8 Å². The Labute approximate surface area is 164 Å². The third kappa shape index (κ3) is 7.00. The Kier molecular flexibility index (Phi) is 8.83. The Morgan fingerprint density at radius 2 is 1.48 bits per heavy atom. The molecule has 27 heavy (non-hydrogen) atoms. The average Bonchev–Trinajstić information content (AvgIpc) is 3.47. The Morgan fingerprint density at radius 1 is 0.963 bits per heavy atom. The molecule has 4 nitrogen and oxygen atoms in total. The summed E-state index contributed by atoms with van der Waals surface area (Å²) in [7, 11) is 0. The van der Waals surface area contributed by atoms with Gasteiger partial charge in [0, 0.05) is 5.69 Å². The summed E-state index contributed by atoms with van der Waals surface area (Å²) in [5.41, 5.74) is 6.93. The molecule has 0 bridgehead atoms. The molecule has 4 heteroatoms. The van der Waals surface area contributed by atoms with Gasteiger partial charge in [-0.25, -0.2) is 0 Å². The maximum Gasteiger partial charge on any atom is 0.238 e. The smallest absolute Gasteiger partial charge is 0.238 e. The van der Waals surface area contributed by atoms with Gasteiger partial charge in [0.25, 0.3) is 0 Å². The molecule has 0 aliphatic heterocycles. The van der Waals surface area contributed by atoms with E-state index in [0.29, 0.717) is 12.8 Å². The fraction of sp³-hybridized carbons (Fsp3) is 0.652. The summed E-state index contributed by atoms with van der Waals surface area (Å²) in [5.74, 6) is -0.157. The zero-order valence-electron chi connectivity index (χ0n) is 17.0. The molecular formula is C23H37N3O. The molecule has 1 aromatic carbocycles. The Balaban J connectivity index is 1.57. The van der Waals surface area contributed by atoms with Gasteiger partial charge in [0.2, 0.25) is 5.91 Å². The summed E-state index contributed by atoms with van der Waals surface area (Å²) in [4.78, 5) is 12.3. The highest BCUT2D eigenvalue weighted by Crippen LogP contribution is 2.46. The number of hydrogen-bond acceptors (Lipinski definition) is 2. The summed E-state index contributed by atoms with van der Waals surface area (Å²) in [6.45, 7) is 2.27. The normalized spacial score (nSPS) is 14.7. The summed E-state index contributed by atoms with van der Waals surface area (Å²) in [5, 5.41) is 10.5. The highest BCUT2D eigenvalue weighted by atomic mass is 16.2. The van der Waals surface area contributed by atoms with Crippen LogP contribution < -0.4 is 11.1 Å². The number of carbonyl (C=O) groups excluding carboxylic acids is 1. The summed E-state index contributed by atoms with van der Waals surface area (Å²) < 4.78 is 0. The van der Waals surface area contributed by atoms with Crippen molar-refractivity contribution in [3.05, 3.63) is 29.8 Å². The second-order valence-corrected chi connectivity index (χ2v) is 8.08. The van der Waals surface area contributed by atoms with Crippen LogP contribution in [0.25, 0.3) is 0 Å². The van der Waals surface area contributed by atoms with Gasteiger partial charge >= 0.3 is 0 Å². The van der Waals surface area contributed by atoms with Gasteiger partial charge in [-0.3, -0.25) is 10.2 Å². The number of amides is 1. The second-order valence-electron chi connectivity index (χ2n) is 8.08. The van der Waals surface area contributed by atoms with Crippen LogP contribution in [0, 0.1) is 10.8 Å². The van der Waals surface area contributed by atoms with Crippen LogP contribution in [0.15, 0.2) is 24.3 Å². The van der Waals surface area contributed by atoms with Crippen LogP contribution in [-0.2, 0) is 11.2 Å².